The molecule has 2 rings (SSSR count). The van der Waals surface area contributed by atoms with Crippen LogP contribution in [0.2, 0.25) is 0 Å². The SMILES string of the molecule is CC(C)C(CN1C(=O)c2ccccc2C1=O)NC(=O)OC(C)(C)C. The van der Waals surface area contributed by atoms with Crippen LogP contribution in [0, 0.1) is 5.92 Å². The first-order valence-corrected chi connectivity index (χ1v) is 8.05. The van der Waals surface area contributed by atoms with E-state index < -0.39 is 11.7 Å². The Kier molecular flexibility index (Phi) is 4.96. The van der Waals surface area contributed by atoms with E-state index in [1.165, 1.54) is 4.90 Å². The van der Waals surface area contributed by atoms with Crippen molar-refractivity contribution in [3.8, 4) is 0 Å². The van der Waals surface area contributed by atoms with E-state index in [9.17, 15) is 14.4 Å². The number of hydrogen-bond acceptors (Lipinski definition) is 4. The van der Waals surface area contributed by atoms with Gasteiger partial charge in [0.25, 0.3) is 11.8 Å². The van der Waals surface area contributed by atoms with Crippen molar-refractivity contribution in [2.75, 3.05) is 6.54 Å². The minimum atomic E-state index is -0.610. The van der Waals surface area contributed by atoms with Gasteiger partial charge in [0.1, 0.15) is 5.60 Å². The van der Waals surface area contributed by atoms with Crippen molar-refractivity contribution in [3.05, 3.63) is 35.4 Å². The van der Waals surface area contributed by atoms with Crippen LogP contribution in [0.3, 0.4) is 0 Å². The molecule has 6 heteroatoms. The van der Waals surface area contributed by atoms with Crippen LogP contribution in [-0.4, -0.2) is 41.0 Å². The minimum absolute atomic E-state index is 0.0295. The second-order valence-corrected chi connectivity index (χ2v) is 7.26. The highest BCUT2D eigenvalue weighted by Crippen LogP contribution is 2.23. The summed E-state index contributed by atoms with van der Waals surface area (Å²) in [7, 11) is 0. The maximum atomic E-state index is 12.4. The quantitative estimate of drug-likeness (QED) is 0.860. The van der Waals surface area contributed by atoms with Crippen LogP contribution in [-0.2, 0) is 4.74 Å². The summed E-state index contributed by atoms with van der Waals surface area (Å²) in [6.07, 6.45) is -0.558. The molecular formula is C18H24N2O4. The molecule has 1 aromatic rings. The molecule has 1 unspecified atom stereocenters. The minimum Gasteiger partial charge on any atom is -0.444 e. The van der Waals surface area contributed by atoms with E-state index in [1.54, 1.807) is 45.0 Å². The zero-order valence-corrected chi connectivity index (χ0v) is 14.8. The van der Waals surface area contributed by atoms with Gasteiger partial charge in [0.2, 0.25) is 0 Å². The largest absolute Gasteiger partial charge is 0.444 e. The number of benzene rings is 1. The monoisotopic (exact) mass is 332 g/mol. The number of fused-ring (bicyclic) bond motifs is 1. The molecule has 1 aliphatic rings. The Balaban J connectivity index is 2.11. The third-order valence-corrected chi connectivity index (χ3v) is 3.76. The van der Waals surface area contributed by atoms with E-state index in [1.807, 2.05) is 13.8 Å². The van der Waals surface area contributed by atoms with Gasteiger partial charge in [0.05, 0.1) is 17.2 Å². The van der Waals surface area contributed by atoms with E-state index in [4.69, 9.17) is 4.74 Å². The van der Waals surface area contributed by atoms with Crippen molar-refractivity contribution < 1.29 is 19.1 Å². The van der Waals surface area contributed by atoms with Crippen molar-refractivity contribution in [2.45, 2.75) is 46.3 Å². The molecule has 1 atom stereocenters. The lowest BCUT2D eigenvalue weighted by atomic mass is 10.0. The van der Waals surface area contributed by atoms with Gasteiger partial charge in [-0.05, 0) is 38.8 Å². The molecule has 3 amide bonds. The molecule has 0 saturated heterocycles. The van der Waals surface area contributed by atoms with Crippen molar-refractivity contribution >= 4 is 17.9 Å². The number of carbonyl (C=O) groups excluding carboxylic acids is 3. The molecule has 6 nitrogen and oxygen atoms in total. The van der Waals surface area contributed by atoms with E-state index in [-0.39, 0.29) is 30.3 Å². The van der Waals surface area contributed by atoms with Crippen LogP contribution in [0.4, 0.5) is 4.79 Å². The molecule has 0 bridgehead atoms. The van der Waals surface area contributed by atoms with Crippen molar-refractivity contribution in [3.63, 3.8) is 0 Å². The summed E-state index contributed by atoms with van der Waals surface area (Å²) in [6.45, 7) is 9.28. The van der Waals surface area contributed by atoms with Gasteiger partial charge in [0, 0.05) is 6.54 Å². The second-order valence-electron chi connectivity index (χ2n) is 7.26. The maximum Gasteiger partial charge on any atom is 0.407 e. The third kappa shape index (κ3) is 3.93. The molecule has 0 fully saturated rings. The Morgan fingerprint density at radius 2 is 1.62 bits per heavy atom. The summed E-state index contributed by atoms with van der Waals surface area (Å²) in [6, 6.07) is 6.35. The van der Waals surface area contributed by atoms with Crippen LogP contribution in [0.1, 0.15) is 55.3 Å². The van der Waals surface area contributed by atoms with Crippen molar-refractivity contribution in [2.24, 2.45) is 5.92 Å². The predicted molar refractivity (Wildman–Crippen MR) is 89.8 cm³/mol. The molecular weight excluding hydrogens is 308 g/mol. The van der Waals surface area contributed by atoms with Crippen LogP contribution in [0.5, 0.6) is 0 Å². The standard InChI is InChI=1S/C18H24N2O4/c1-11(2)14(19-17(23)24-18(3,4)5)10-20-15(21)12-8-6-7-9-13(12)16(20)22/h6-9,11,14H,10H2,1-5H3,(H,19,23). The van der Waals surface area contributed by atoms with Gasteiger partial charge in [0.15, 0.2) is 0 Å². The van der Waals surface area contributed by atoms with Gasteiger partial charge < -0.3 is 10.1 Å². The Morgan fingerprint density at radius 3 is 2.04 bits per heavy atom. The van der Waals surface area contributed by atoms with Gasteiger partial charge in [-0.25, -0.2) is 4.79 Å². The number of imide groups is 1. The molecule has 0 aromatic heterocycles. The number of nitrogens with zero attached hydrogens (tertiary/aromatic N) is 1. The van der Waals surface area contributed by atoms with Gasteiger partial charge in [-0.1, -0.05) is 26.0 Å². The number of nitrogens with one attached hydrogen (secondary N) is 1. The van der Waals surface area contributed by atoms with Gasteiger partial charge in [-0.15, -0.1) is 0 Å². The van der Waals surface area contributed by atoms with Crippen molar-refractivity contribution in [1.29, 1.82) is 0 Å². The first-order chi connectivity index (χ1) is 11.1. The van der Waals surface area contributed by atoms with E-state index in [0.29, 0.717) is 11.1 Å². The molecule has 130 valence electrons. The normalized spacial score (nSPS) is 15.5. The summed E-state index contributed by atoms with van der Waals surface area (Å²) < 4.78 is 5.26. The van der Waals surface area contributed by atoms with Gasteiger partial charge in [-0.3, -0.25) is 14.5 Å². The maximum absolute atomic E-state index is 12.4. The number of carbonyl (C=O) groups is 3. The van der Waals surface area contributed by atoms with Crippen LogP contribution < -0.4 is 5.32 Å². The average molecular weight is 332 g/mol. The topological polar surface area (TPSA) is 75.7 Å². The zero-order chi connectivity index (χ0) is 18.1. The van der Waals surface area contributed by atoms with E-state index in [0.717, 1.165) is 0 Å². The molecule has 0 aliphatic carbocycles. The molecule has 1 aliphatic heterocycles. The lowest BCUT2D eigenvalue weighted by Crippen LogP contribution is -2.49. The first kappa shape index (κ1) is 18.0. The van der Waals surface area contributed by atoms with E-state index in [2.05, 4.69) is 5.32 Å². The van der Waals surface area contributed by atoms with Gasteiger partial charge >= 0.3 is 6.09 Å². The fourth-order valence-corrected chi connectivity index (χ4v) is 2.48. The van der Waals surface area contributed by atoms with Crippen LogP contribution >= 0.6 is 0 Å². The Labute approximate surface area is 142 Å². The Hall–Kier alpha value is -2.37. The Bertz CT molecular complexity index is 626. The molecule has 1 aromatic carbocycles. The smallest absolute Gasteiger partial charge is 0.407 e. The summed E-state index contributed by atoms with van der Waals surface area (Å²) in [5.74, 6) is -0.624. The zero-order valence-electron chi connectivity index (χ0n) is 14.8. The van der Waals surface area contributed by atoms with Crippen LogP contribution in [0.25, 0.3) is 0 Å². The van der Waals surface area contributed by atoms with Gasteiger partial charge in [-0.2, -0.15) is 0 Å². The molecule has 24 heavy (non-hydrogen) atoms. The second kappa shape index (κ2) is 6.63. The number of hydrogen-bond donors (Lipinski definition) is 1. The van der Waals surface area contributed by atoms with Crippen molar-refractivity contribution in [1.82, 2.24) is 10.2 Å². The van der Waals surface area contributed by atoms with E-state index >= 15 is 0 Å². The number of rotatable bonds is 4. The average Bonchev–Trinajstić information content (AvgIpc) is 2.70. The molecule has 0 saturated carbocycles. The van der Waals surface area contributed by atoms with Crippen LogP contribution in [0.15, 0.2) is 24.3 Å². The molecule has 0 spiro atoms. The molecule has 1 heterocycles. The number of ether oxygens (including phenoxy) is 1. The first-order valence-electron chi connectivity index (χ1n) is 8.05. The highest BCUT2D eigenvalue weighted by molar-refractivity contribution is 6.21. The third-order valence-electron chi connectivity index (χ3n) is 3.76. The molecule has 1 N–H and O–H groups in total. The summed E-state index contributed by atoms with van der Waals surface area (Å²) >= 11 is 0. The lowest BCUT2D eigenvalue weighted by molar-refractivity contribution is 0.0448. The fourth-order valence-electron chi connectivity index (χ4n) is 2.48. The Morgan fingerprint density at radius 1 is 1.12 bits per heavy atom. The summed E-state index contributed by atoms with van der Waals surface area (Å²) in [4.78, 5) is 38.1. The molecule has 0 radical (unpaired) electrons. The number of alkyl carbamates (subject to hydrolysis) is 1. The predicted octanol–water partition coefficient (Wildman–Crippen LogP) is 2.83. The summed E-state index contributed by atoms with van der Waals surface area (Å²) in [5.41, 5.74) is 0.200. The highest BCUT2D eigenvalue weighted by Gasteiger charge is 2.37. The number of amides is 3. The summed E-state index contributed by atoms with van der Waals surface area (Å²) in [5, 5.41) is 2.76. The highest BCUT2D eigenvalue weighted by atomic mass is 16.6. The fraction of sp³-hybridized carbons (Fsp3) is 0.500. The lowest BCUT2D eigenvalue weighted by Gasteiger charge is -2.28.